The van der Waals surface area contributed by atoms with Gasteiger partial charge in [0.15, 0.2) is 5.82 Å². The fraction of sp³-hybridized carbons (Fsp3) is 0.182. The summed E-state index contributed by atoms with van der Waals surface area (Å²) in [5.41, 5.74) is 0.637. The largest absolute Gasteiger partial charge is 0.357 e. The molecule has 5 nitrogen and oxygen atoms in total. The monoisotopic (exact) mass is 216 g/mol. The first-order chi connectivity index (χ1) is 7.77. The highest BCUT2D eigenvalue weighted by Crippen LogP contribution is 2.12. The third-order valence-electron chi connectivity index (χ3n) is 2.19. The van der Waals surface area contributed by atoms with E-state index in [0.717, 1.165) is 5.69 Å². The fourth-order valence-electron chi connectivity index (χ4n) is 1.37. The van der Waals surface area contributed by atoms with E-state index in [0.29, 0.717) is 5.82 Å². The van der Waals surface area contributed by atoms with Crippen molar-refractivity contribution in [2.24, 2.45) is 0 Å². The molecule has 0 amide bonds. The Labute approximate surface area is 92.6 Å². The molecule has 0 bridgehead atoms. The highest BCUT2D eigenvalue weighted by atomic mass is 16.1. The molecule has 0 aliphatic heterocycles. The van der Waals surface area contributed by atoms with Gasteiger partial charge < -0.3 is 10.3 Å². The molecule has 0 aliphatic rings. The maximum Gasteiger partial charge on any atom is 0.290 e. The molecule has 16 heavy (non-hydrogen) atoms. The summed E-state index contributed by atoms with van der Waals surface area (Å²) in [6.07, 6.45) is 4.75. The van der Waals surface area contributed by atoms with Crippen LogP contribution < -0.4 is 10.9 Å². The second-order valence-electron chi connectivity index (χ2n) is 3.39. The summed E-state index contributed by atoms with van der Waals surface area (Å²) in [7, 11) is 0. The molecular weight excluding hydrogens is 204 g/mol. The predicted molar refractivity (Wildman–Crippen MR) is 61.1 cm³/mol. The second kappa shape index (κ2) is 4.57. The first kappa shape index (κ1) is 10.4. The molecule has 2 rings (SSSR count). The lowest BCUT2D eigenvalue weighted by molar-refractivity contribution is 0.826. The summed E-state index contributed by atoms with van der Waals surface area (Å²) >= 11 is 0. The molecule has 0 fully saturated rings. The lowest BCUT2D eigenvalue weighted by Gasteiger charge is -2.12. The summed E-state index contributed by atoms with van der Waals surface area (Å²) < 4.78 is 0. The lowest BCUT2D eigenvalue weighted by atomic mass is 10.2. The van der Waals surface area contributed by atoms with Gasteiger partial charge >= 0.3 is 0 Å². The van der Waals surface area contributed by atoms with Crippen LogP contribution in [0.1, 0.15) is 18.7 Å². The minimum absolute atomic E-state index is 0.0581. The second-order valence-corrected chi connectivity index (χ2v) is 3.39. The Bertz CT molecular complexity index is 509. The zero-order chi connectivity index (χ0) is 11.4. The van der Waals surface area contributed by atoms with Crippen LogP contribution in [0.25, 0.3) is 0 Å². The van der Waals surface area contributed by atoms with Crippen LogP contribution in [0, 0.1) is 0 Å². The van der Waals surface area contributed by atoms with Crippen LogP contribution in [-0.2, 0) is 0 Å². The molecule has 0 saturated carbocycles. The van der Waals surface area contributed by atoms with Gasteiger partial charge in [-0.05, 0) is 19.1 Å². The summed E-state index contributed by atoms with van der Waals surface area (Å²) in [5.74, 6) is 0.306. The number of rotatable bonds is 3. The average molecular weight is 216 g/mol. The molecule has 0 radical (unpaired) electrons. The van der Waals surface area contributed by atoms with Crippen LogP contribution in [0.5, 0.6) is 0 Å². The Hall–Kier alpha value is -2.17. The number of pyridine rings is 1. The molecule has 0 saturated heterocycles. The molecule has 2 aromatic heterocycles. The highest BCUT2D eigenvalue weighted by Gasteiger charge is 2.08. The summed E-state index contributed by atoms with van der Waals surface area (Å²) in [4.78, 5) is 22.1. The number of aromatic nitrogens is 3. The number of aromatic amines is 1. The van der Waals surface area contributed by atoms with Gasteiger partial charge in [-0.1, -0.05) is 6.07 Å². The predicted octanol–water partition coefficient (Wildman–Crippen LogP) is 1.34. The van der Waals surface area contributed by atoms with Gasteiger partial charge in [0.25, 0.3) is 5.56 Å². The van der Waals surface area contributed by atoms with Gasteiger partial charge in [0.05, 0.1) is 11.7 Å². The van der Waals surface area contributed by atoms with Crippen molar-refractivity contribution in [2.75, 3.05) is 5.32 Å². The Morgan fingerprint density at radius 2 is 2.19 bits per heavy atom. The molecule has 82 valence electrons. The number of hydrogen-bond donors (Lipinski definition) is 2. The van der Waals surface area contributed by atoms with E-state index >= 15 is 0 Å². The van der Waals surface area contributed by atoms with E-state index in [-0.39, 0.29) is 11.6 Å². The van der Waals surface area contributed by atoms with Crippen LogP contribution in [-0.4, -0.2) is 15.0 Å². The summed E-state index contributed by atoms with van der Waals surface area (Å²) in [6.45, 7) is 1.93. The molecule has 0 aliphatic carbocycles. The number of nitrogens with zero attached hydrogens (tertiary/aromatic N) is 2. The van der Waals surface area contributed by atoms with E-state index in [9.17, 15) is 4.79 Å². The SMILES string of the molecule is CC(Nc1ncc[nH]c1=O)c1ccccn1. The minimum Gasteiger partial charge on any atom is -0.357 e. The maximum atomic E-state index is 11.4. The third-order valence-corrected chi connectivity index (χ3v) is 2.19. The molecule has 1 unspecified atom stereocenters. The van der Waals surface area contributed by atoms with Crippen LogP contribution in [0.3, 0.4) is 0 Å². The Morgan fingerprint density at radius 1 is 1.31 bits per heavy atom. The van der Waals surface area contributed by atoms with Crippen LogP contribution in [0.4, 0.5) is 5.82 Å². The van der Waals surface area contributed by atoms with E-state index in [1.54, 1.807) is 6.20 Å². The minimum atomic E-state index is -0.231. The van der Waals surface area contributed by atoms with E-state index < -0.39 is 0 Å². The quantitative estimate of drug-likeness (QED) is 0.812. The number of anilines is 1. The Morgan fingerprint density at radius 3 is 2.88 bits per heavy atom. The van der Waals surface area contributed by atoms with Crippen molar-refractivity contribution < 1.29 is 0 Å². The topological polar surface area (TPSA) is 70.7 Å². The number of H-pyrrole nitrogens is 1. The first-order valence-corrected chi connectivity index (χ1v) is 4.98. The third kappa shape index (κ3) is 2.25. The molecule has 2 aromatic rings. The van der Waals surface area contributed by atoms with Crippen molar-refractivity contribution in [3.05, 3.63) is 52.8 Å². The van der Waals surface area contributed by atoms with E-state index in [4.69, 9.17) is 0 Å². The Kier molecular flexibility index (Phi) is 2.95. The number of hydrogen-bond acceptors (Lipinski definition) is 4. The van der Waals surface area contributed by atoms with E-state index in [1.165, 1.54) is 12.4 Å². The molecule has 5 heteroatoms. The molecule has 0 spiro atoms. The maximum absolute atomic E-state index is 11.4. The van der Waals surface area contributed by atoms with Crippen molar-refractivity contribution in [1.82, 2.24) is 15.0 Å². The molecule has 2 heterocycles. The van der Waals surface area contributed by atoms with Crippen molar-refractivity contribution in [3.63, 3.8) is 0 Å². The Balaban J connectivity index is 2.17. The van der Waals surface area contributed by atoms with Crippen molar-refractivity contribution >= 4 is 5.82 Å². The summed E-state index contributed by atoms with van der Waals surface area (Å²) in [6, 6.07) is 5.60. The smallest absolute Gasteiger partial charge is 0.290 e. The van der Waals surface area contributed by atoms with Crippen molar-refractivity contribution in [2.45, 2.75) is 13.0 Å². The van der Waals surface area contributed by atoms with Gasteiger partial charge in [-0.2, -0.15) is 0 Å². The first-order valence-electron chi connectivity index (χ1n) is 4.98. The lowest BCUT2D eigenvalue weighted by Crippen LogP contribution is -2.18. The van der Waals surface area contributed by atoms with E-state index in [1.807, 2.05) is 25.1 Å². The van der Waals surface area contributed by atoms with E-state index in [2.05, 4.69) is 20.3 Å². The molecule has 2 N–H and O–H groups in total. The van der Waals surface area contributed by atoms with Gasteiger partial charge in [-0.3, -0.25) is 9.78 Å². The van der Waals surface area contributed by atoms with Crippen molar-refractivity contribution in [3.8, 4) is 0 Å². The van der Waals surface area contributed by atoms with Crippen molar-refractivity contribution in [1.29, 1.82) is 0 Å². The average Bonchev–Trinajstić information content (AvgIpc) is 2.33. The normalized spacial score (nSPS) is 12.1. The summed E-state index contributed by atoms with van der Waals surface area (Å²) in [5, 5.41) is 3.01. The molecular formula is C11H12N4O. The van der Waals surface area contributed by atoms with Gasteiger partial charge in [-0.25, -0.2) is 4.98 Å². The fourth-order valence-corrected chi connectivity index (χ4v) is 1.37. The van der Waals surface area contributed by atoms with Crippen LogP contribution in [0.15, 0.2) is 41.6 Å². The van der Waals surface area contributed by atoms with Crippen LogP contribution in [0.2, 0.25) is 0 Å². The van der Waals surface area contributed by atoms with Gasteiger partial charge in [-0.15, -0.1) is 0 Å². The number of nitrogens with one attached hydrogen (secondary N) is 2. The molecule has 1 atom stereocenters. The van der Waals surface area contributed by atoms with Gasteiger partial charge in [0.1, 0.15) is 0 Å². The molecule has 0 aromatic carbocycles. The van der Waals surface area contributed by atoms with Gasteiger partial charge in [0, 0.05) is 18.6 Å². The standard InChI is InChI=1S/C11H12N4O/c1-8(9-4-2-3-5-12-9)15-10-11(16)14-7-6-13-10/h2-8H,1H3,(H,13,15)(H,14,16). The van der Waals surface area contributed by atoms with Gasteiger partial charge in [0.2, 0.25) is 0 Å². The zero-order valence-electron chi connectivity index (χ0n) is 8.84. The highest BCUT2D eigenvalue weighted by molar-refractivity contribution is 5.33. The van der Waals surface area contributed by atoms with Crippen LogP contribution >= 0.6 is 0 Å². The zero-order valence-corrected chi connectivity index (χ0v) is 8.84.